The number of carboxylic acids is 1. The minimum absolute atomic E-state index is 0.214. The summed E-state index contributed by atoms with van der Waals surface area (Å²) >= 11 is 0. The average Bonchev–Trinajstić information content (AvgIpc) is 2.33. The Hall–Kier alpha value is -1.82. The number of nitrogens with two attached hydrogens (primary N) is 1. The summed E-state index contributed by atoms with van der Waals surface area (Å²) in [6, 6.07) is 2.26. The first-order valence-corrected chi connectivity index (χ1v) is 6.09. The van der Waals surface area contributed by atoms with E-state index in [0.29, 0.717) is 12.3 Å². The number of benzene rings is 1. The molecule has 0 bridgehead atoms. The fourth-order valence-corrected chi connectivity index (χ4v) is 2.22. The molecule has 1 fully saturated rings. The van der Waals surface area contributed by atoms with E-state index in [4.69, 9.17) is 15.6 Å². The molecule has 0 aliphatic carbocycles. The van der Waals surface area contributed by atoms with Crippen molar-refractivity contribution < 1.29 is 19.0 Å². The fraction of sp³-hybridized carbons (Fsp3) is 0.462. The average molecular weight is 268 g/mol. The molecule has 2 rings (SSSR count). The third-order valence-corrected chi connectivity index (χ3v) is 3.24. The summed E-state index contributed by atoms with van der Waals surface area (Å²) in [5.41, 5.74) is 5.64. The lowest BCUT2D eigenvalue weighted by atomic mass is 9.94. The number of hydrogen-bond donors (Lipinski definition) is 3. The van der Waals surface area contributed by atoms with E-state index < -0.39 is 17.3 Å². The van der Waals surface area contributed by atoms with Crippen LogP contribution < -0.4 is 11.1 Å². The molecule has 104 valence electrons. The molecule has 1 aromatic rings. The van der Waals surface area contributed by atoms with Gasteiger partial charge in [0.15, 0.2) is 0 Å². The molecule has 1 atom stereocenters. The maximum Gasteiger partial charge on any atom is 0.338 e. The van der Waals surface area contributed by atoms with Crippen molar-refractivity contribution in [2.24, 2.45) is 0 Å². The Bertz CT molecular complexity index is 499. The van der Waals surface area contributed by atoms with Crippen LogP contribution in [-0.4, -0.2) is 29.8 Å². The lowest BCUT2D eigenvalue weighted by Gasteiger charge is -2.35. The smallest absolute Gasteiger partial charge is 0.338 e. The molecule has 1 aliphatic heterocycles. The molecule has 1 saturated heterocycles. The van der Waals surface area contributed by atoms with Crippen LogP contribution in [0.1, 0.15) is 30.1 Å². The molecule has 5 nitrogen and oxygen atoms in total. The lowest BCUT2D eigenvalue weighted by Crippen LogP contribution is -2.43. The first-order chi connectivity index (χ1) is 8.91. The highest BCUT2D eigenvalue weighted by Crippen LogP contribution is 2.29. The van der Waals surface area contributed by atoms with Crippen molar-refractivity contribution >= 4 is 17.3 Å². The molecule has 0 spiro atoms. The minimum Gasteiger partial charge on any atom is -0.478 e. The lowest BCUT2D eigenvalue weighted by molar-refractivity contribution is 0.0540. The Balaban J connectivity index is 2.25. The van der Waals surface area contributed by atoms with Gasteiger partial charge in [0.2, 0.25) is 0 Å². The zero-order valence-corrected chi connectivity index (χ0v) is 10.7. The van der Waals surface area contributed by atoms with Gasteiger partial charge in [0.05, 0.1) is 29.1 Å². The number of anilines is 2. The number of nitrogen functional groups attached to an aromatic ring is 1. The van der Waals surface area contributed by atoms with Gasteiger partial charge >= 0.3 is 5.97 Å². The van der Waals surface area contributed by atoms with Gasteiger partial charge in [-0.1, -0.05) is 0 Å². The second-order valence-electron chi connectivity index (χ2n) is 5.07. The van der Waals surface area contributed by atoms with Crippen LogP contribution in [0.15, 0.2) is 12.1 Å². The van der Waals surface area contributed by atoms with Crippen molar-refractivity contribution in [2.45, 2.75) is 25.3 Å². The van der Waals surface area contributed by atoms with Gasteiger partial charge in [-0.15, -0.1) is 0 Å². The Morgan fingerprint density at radius 1 is 1.58 bits per heavy atom. The molecule has 1 aliphatic rings. The van der Waals surface area contributed by atoms with E-state index >= 15 is 0 Å². The molecule has 6 heteroatoms. The van der Waals surface area contributed by atoms with Crippen molar-refractivity contribution in [1.82, 2.24) is 0 Å². The molecule has 1 heterocycles. The third kappa shape index (κ3) is 2.96. The summed E-state index contributed by atoms with van der Waals surface area (Å²) in [5, 5.41) is 12.0. The van der Waals surface area contributed by atoms with Gasteiger partial charge in [0, 0.05) is 6.61 Å². The van der Waals surface area contributed by atoms with Crippen molar-refractivity contribution in [2.75, 3.05) is 24.3 Å². The Morgan fingerprint density at radius 3 is 2.89 bits per heavy atom. The molecule has 1 unspecified atom stereocenters. The van der Waals surface area contributed by atoms with Crippen molar-refractivity contribution in [3.8, 4) is 0 Å². The number of rotatable bonds is 3. The highest BCUT2D eigenvalue weighted by molar-refractivity contribution is 5.90. The predicted molar refractivity (Wildman–Crippen MR) is 69.9 cm³/mol. The van der Waals surface area contributed by atoms with Crippen molar-refractivity contribution in [3.63, 3.8) is 0 Å². The molecule has 19 heavy (non-hydrogen) atoms. The Kier molecular flexibility index (Phi) is 3.61. The van der Waals surface area contributed by atoms with Crippen LogP contribution in [0.4, 0.5) is 15.8 Å². The summed E-state index contributed by atoms with van der Waals surface area (Å²) in [5.74, 6) is -2.13. The van der Waals surface area contributed by atoms with E-state index in [9.17, 15) is 9.18 Å². The van der Waals surface area contributed by atoms with E-state index in [1.165, 1.54) is 0 Å². The Labute approximate surface area is 110 Å². The van der Waals surface area contributed by atoms with Crippen LogP contribution in [0.3, 0.4) is 0 Å². The monoisotopic (exact) mass is 268 g/mol. The molecule has 0 radical (unpaired) electrons. The second kappa shape index (κ2) is 5.05. The van der Waals surface area contributed by atoms with Crippen LogP contribution in [0, 0.1) is 5.82 Å². The van der Waals surface area contributed by atoms with E-state index in [1.807, 2.05) is 6.92 Å². The van der Waals surface area contributed by atoms with Gasteiger partial charge in [0.25, 0.3) is 0 Å². The van der Waals surface area contributed by atoms with E-state index in [-0.39, 0.29) is 11.2 Å². The Morgan fingerprint density at radius 2 is 2.32 bits per heavy atom. The summed E-state index contributed by atoms with van der Waals surface area (Å²) < 4.78 is 19.1. The number of aromatic carboxylic acids is 1. The standard InChI is InChI=1S/C13H17FN2O3/c1-13(3-2-4-19-7-13)16-11-6-9(14)8(12(17)18)5-10(11)15/h5-6,16H,2-4,7,15H2,1H3,(H,17,18). The van der Waals surface area contributed by atoms with Crippen LogP contribution in [0.2, 0.25) is 0 Å². The van der Waals surface area contributed by atoms with Gasteiger partial charge in [-0.05, 0) is 31.9 Å². The molecule has 1 aromatic carbocycles. The van der Waals surface area contributed by atoms with Crippen LogP contribution in [0.5, 0.6) is 0 Å². The van der Waals surface area contributed by atoms with E-state index in [2.05, 4.69) is 5.32 Å². The summed E-state index contributed by atoms with van der Waals surface area (Å²) in [6.45, 7) is 3.20. The topological polar surface area (TPSA) is 84.6 Å². The second-order valence-corrected chi connectivity index (χ2v) is 5.07. The van der Waals surface area contributed by atoms with Gasteiger partial charge in [-0.2, -0.15) is 0 Å². The predicted octanol–water partition coefficient (Wildman–Crippen LogP) is 2.09. The van der Waals surface area contributed by atoms with Crippen molar-refractivity contribution in [3.05, 3.63) is 23.5 Å². The highest BCUT2D eigenvalue weighted by Gasteiger charge is 2.28. The van der Waals surface area contributed by atoms with Gasteiger partial charge in [-0.3, -0.25) is 0 Å². The SMILES string of the molecule is CC1(Nc2cc(F)c(C(=O)O)cc2N)CCCOC1. The summed E-state index contributed by atoms with van der Waals surface area (Å²) in [4.78, 5) is 10.8. The zero-order valence-electron chi connectivity index (χ0n) is 10.7. The first-order valence-electron chi connectivity index (χ1n) is 6.09. The number of halogens is 1. The normalized spacial score (nSPS) is 23.1. The number of hydrogen-bond acceptors (Lipinski definition) is 4. The van der Waals surface area contributed by atoms with Crippen LogP contribution in [0.25, 0.3) is 0 Å². The van der Waals surface area contributed by atoms with Crippen molar-refractivity contribution in [1.29, 1.82) is 0 Å². The number of carboxylic acid groups (broad SMARTS) is 1. The quantitative estimate of drug-likeness (QED) is 0.731. The third-order valence-electron chi connectivity index (χ3n) is 3.24. The minimum atomic E-state index is -1.33. The fourth-order valence-electron chi connectivity index (χ4n) is 2.22. The van der Waals surface area contributed by atoms with E-state index in [1.54, 1.807) is 0 Å². The number of carbonyl (C=O) groups is 1. The molecule has 4 N–H and O–H groups in total. The molecule has 0 saturated carbocycles. The van der Waals surface area contributed by atoms with Gasteiger partial charge < -0.3 is 20.9 Å². The van der Waals surface area contributed by atoms with E-state index in [0.717, 1.165) is 31.6 Å². The summed E-state index contributed by atoms with van der Waals surface area (Å²) in [7, 11) is 0. The highest BCUT2D eigenvalue weighted by atomic mass is 19.1. The van der Waals surface area contributed by atoms with Crippen LogP contribution in [-0.2, 0) is 4.74 Å². The largest absolute Gasteiger partial charge is 0.478 e. The van der Waals surface area contributed by atoms with Gasteiger partial charge in [-0.25, -0.2) is 9.18 Å². The molecular formula is C13H17FN2O3. The number of nitrogens with one attached hydrogen (secondary N) is 1. The first kappa shape index (κ1) is 13.6. The summed E-state index contributed by atoms with van der Waals surface area (Å²) in [6.07, 6.45) is 1.80. The molecule has 0 aromatic heterocycles. The number of ether oxygens (including phenoxy) is 1. The van der Waals surface area contributed by atoms with Gasteiger partial charge in [0.1, 0.15) is 5.82 Å². The maximum absolute atomic E-state index is 13.7. The molecule has 0 amide bonds. The van der Waals surface area contributed by atoms with Crippen LogP contribution >= 0.6 is 0 Å². The molecular weight excluding hydrogens is 251 g/mol. The zero-order chi connectivity index (χ0) is 14.0. The maximum atomic E-state index is 13.7.